The molecule has 1 fully saturated rings. The molecule has 26 heavy (non-hydrogen) atoms. The van der Waals surface area contributed by atoms with Crippen molar-refractivity contribution in [3.05, 3.63) is 59.3 Å². The minimum absolute atomic E-state index is 0.0110. The summed E-state index contributed by atoms with van der Waals surface area (Å²) in [5, 5.41) is 4.48. The smallest absolute Gasteiger partial charge is 0.185 e. The summed E-state index contributed by atoms with van der Waals surface area (Å²) in [6, 6.07) is 7.55. The summed E-state index contributed by atoms with van der Waals surface area (Å²) in [5.74, 6) is 0.164. The van der Waals surface area contributed by atoms with Crippen molar-refractivity contribution in [3.8, 4) is 0 Å². The molecule has 0 unspecified atom stereocenters. The maximum absolute atomic E-state index is 12.7. The Balaban J connectivity index is 1.52. The van der Waals surface area contributed by atoms with Gasteiger partial charge in [0, 0.05) is 42.2 Å². The molecule has 1 atom stereocenters. The van der Waals surface area contributed by atoms with Crippen LogP contribution in [0.5, 0.6) is 0 Å². The lowest BCUT2D eigenvalue weighted by Crippen LogP contribution is -2.38. The number of Topliss-reactive ketones (excluding diaryl/α,β-unsaturated/α-hetero) is 1. The number of rotatable bonds is 4. The molecule has 0 N–H and O–H groups in total. The van der Waals surface area contributed by atoms with Crippen molar-refractivity contribution < 1.29 is 4.79 Å². The zero-order valence-electron chi connectivity index (χ0n) is 15.2. The summed E-state index contributed by atoms with van der Waals surface area (Å²) in [4.78, 5) is 24.0. The van der Waals surface area contributed by atoms with Crippen molar-refractivity contribution in [1.29, 1.82) is 0 Å². The second-order valence-electron chi connectivity index (χ2n) is 7.10. The third-order valence-electron chi connectivity index (χ3n) is 5.04. The number of aryl methyl sites for hydroxylation is 2. The van der Waals surface area contributed by atoms with E-state index in [9.17, 15) is 4.79 Å². The molecular formula is C20H23N5O. The van der Waals surface area contributed by atoms with Gasteiger partial charge in [-0.25, -0.2) is 9.50 Å². The monoisotopic (exact) mass is 349 g/mol. The Bertz CT molecular complexity index is 934. The SMILES string of the molecule is Cc1cc(C)n2ncc(CN3CCC[C@H](C(=O)c4ccccn4)C3)c2n1. The Morgan fingerprint density at radius 3 is 3.00 bits per heavy atom. The third-order valence-corrected chi connectivity index (χ3v) is 5.04. The molecule has 0 spiro atoms. The van der Waals surface area contributed by atoms with E-state index < -0.39 is 0 Å². The molecule has 1 aliphatic rings. The number of aromatic nitrogens is 4. The number of carbonyl (C=O) groups excluding carboxylic acids is 1. The van der Waals surface area contributed by atoms with Crippen molar-refractivity contribution >= 4 is 11.4 Å². The summed E-state index contributed by atoms with van der Waals surface area (Å²) < 4.78 is 1.89. The maximum Gasteiger partial charge on any atom is 0.185 e. The summed E-state index contributed by atoms with van der Waals surface area (Å²) in [6.45, 7) is 6.57. The van der Waals surface area contributed by atoms with Crippen molar-refractivity contribution in [1.82, 2.24) is 24.5 Å². The molecule has 6 nitrogen and oxygen atoms in total. The van der Waals surface area contributed by atoms with Crippen LogP contribution >= 0.6 is 0 Å². The minimum atomic E-state index is 0.0110. The van der Waals surface area contributed by atoms with Crippen LogP contribution in [0.3, 0.4) is 0 Å². The Morgan fingerprint density at radius 1 is 1.31 bits per heavy atom. The van der Waals surface area contributed by atoms with Gasteiger partial charge in [-0.3, -0.25) is 14.7 Å². The zero-order valence-corrected chi connectivity index (χ0v) is 15.2. The van der Waals surface area contributed by atoms with E-state index in [2.05, 4.69) is 20.0 Å². The summed E-state index contributed by atoms with van der Waals surface area (Å²) in [5.41, 5.74) is 4.69. The van der Waals surface area contributed by atoms with Crippen LogP contribution < -0.4 is 0 Å². The van der Waals surface area contributed by atoms with Crippen molar-refractivity contribution in [2.24, 2.45) is 5.92 Å². The number of hydrogen-bond acceptors (Lipinski definition) is 5. The quantitative estimate of drug-likeness (QED) is 0.678. The average molecular weight is 349 g/mol. The molecule has 134 valence electrons. The number of fused-ring (bicyclic) bond motifs is 1. The molecule has 0 aliphatic carbocycles. The number of pyridine rings is 1. The fourth-order valence-corrected chi connectivity index (χ4v) is 3.80. The van der Waals surface area contributed by atoms with Gasteiger partial charge in [-0.1, -0.05) is 6.07 Å². The highest BCUT2D eigenvalue weighted by atomic mass is 16.1. The topological polar surface area (TPSA) is 63.4 Å². The molecule has 0 amide bonds. The normalized spacial score (nSPS) is 18.3. The second kappa shape index (κ2) is 6.96. The maximum atomic E-state index is 12.7. The van der Waals surface area contributed by atoms with Crippen molar-refractivity contribution in [2.75, 3.05) is 13.1 Å². The van der Waals surface area contributed by atoms with Crippen LogP contribution in [0.1, 0.15) is 40.3 Å². The molecule has 1 saturated heterocycles. The van der Waals surface area contributed by atoms with Gasteiger partial charge in [0.05, 0.1) is 6.20 Å². The fraction of sp³-hybridized carbons (Fsp3) is 0.400. The van der Waals surface area contributed by atoms with Crippen LogP contribution in [0.15, 0.2) is 36.7 Å². The van der Waals surface area contributed by atoms with Crippen LogP contribution in [0.2, 0.25) is 0 Å². The van der Waals surface area contributed by atoms with E-state index in [4.69, 9.17) is 0 Å². The van der Waals surface area contributed by atoms with Gasteiger partial charge in [0.15, 0.2) is 11.4 Å². The largest absolute Gasteiger partial charge is 0.298 e. The predicted octanol–water partition coefficient (Wildman–Crippen LogP) is 2.84. The lowest BCUT2D eigenvalue weighted by molar-refractivity contribution is 0.0807. The number of likely N-dealkylation sites (tertiary alicyclic amines) is 1. The molecule has 4 heterocycles. The highest BCUT2D eigenvalue weighted by Gasteiger charge is 2.27. The first-order valence-electron chi connectivity index (χ1n) is 9.10. The minimum Gasteiger partial charge on any atom is -0.298 e. The number of nitrogens with zero attached hydrogens (tertiary/aromatic N) is 5. The number of carbonyl (C=O) groups is 1. The van der Waals surface area contributed by atoms with E-state index in [-0.39, 0.29) is 11.7 Å². The number of ketones is 1. The molecule has 3 aromatic heterocycles. The van der Waals surface area contributed by atoms with E-state index in [1.807, 2.05) is 48.8 Å². The zero-order chi connectivity index (χ0) is 18.1. The standard InChI is InChI=1S/C20H23N5O/c1-14-10-15(2)25-20(23-14)17(11-22-25)13-24-9-5-6-16(12-24)19(26)18-7-3-4-8-21-18/h3-4,7-8,10-11,16H,5-6,9,12-13H2,1-2H3/t16-/m0/s1. The Labute approximate surface area is 152 Å². The Hall–Kier alpha value is -2.60. The average Bonchev–Trinajstić information content (AvgIpc) is 3.05. The summed E-state index contributed by atoms with van der Waals surface area (Å²) in [6.07, 6.45) is 5.53. The fourth-order valence-electron chi connectivity index (χ4n) is 3.80. The number of piperidine rings is 1. The van der Waals surface area contributed by atoms with Crippen LogP contribution in [-0.2, 0) is 6.54 Å². The van der Waals surface area contributed by atoms with Crippen molar-refractivity contribution in [2.45, 2.75) is 33.2 Å². The highest BCUT2D eigenvalue weighted by molar-refractivity contribution is 5.96. The Morgan fingerprint density at radius 2 is 2.19 bits per heavy atom. The molecule has 0 aromatic carbocycles. The van der Waals surface area contributed by atoms with Gasteiger partial charge in [-0.2, -0.15) is 5.10 Å². The first kappa shape index (κ1) is 16.8. The Kier molecular flexibility index (Phi) is 4.51. The lowest BCUT2D eigenvalue weighted by atomic mass is 9.91. The number of hydrogen-bond donors (Lipinski definition) is 0. The van der Waals surface area contributed by atoms with Crippen LogP contribution in [0, 0.1) is 19.8 Å². The van der Waals surface area contributed by atoms with E-state index in [1.54, 1.807) is 6.20 Å². The van der Waals surface area contributed by atoms with Gasteiger partial charge < -0.3 is 0 Å². The van der Waals surface area contributed by atoms with Crippen molar-refractivity contribution in [3.63, 3.8) is 0 Å². The first-order valence-corrected chi connectivity index (χ1v) is 9.10. The molecular weight excluding hydrogens is 326 g/mol. The van der Waals surface area contributed by atoms with E-state index >= 15 is 0 Å². The third kappa shape index (κ3) is 3.24. The van der Waals surface area contributed by atoms with Crippen LogP contribution in [0.25, 0.3) is 5.65 Å². The van der Waals surface area contributed by atoms with Gasteiger partial charge in [-0.15, -0.1) is 0 Å². The first-order chi connectivity index (χ1) is 12.6. The highest BCUT2D eigenvalue weighted by Crippen LogP contribution is 2.23. The predicted molar refractivity (Wildman–Crippen MR) is 99.0 cm³/mol. The molecule has 0 saturated carbocycles. The molecule has 1 aliphatic heterocycles. The van der Waals surface area contributed by atoms with Gasteiger partial charge in [-0.05, 0) is 51.4 Å². The molecule has 0 bridgehead atoms. The van der Waals surface area contributed by atoms with E-state index in [1.165, 1.54) is 0 Å². The summed E-state index contributed by atoms with van der Waals surface area (Å²) >= 11 is 0. The van der Waals surface area contributed by atoms with Crippen LogP contribution in [0.4, 0.5) is 0 Å². The van der Waals surface area contributed by atoms with E-state index in [0.29, 0.717) is 5.69 Å². The lowest BCUT2D eigenvalue weighted by Gasteiger charge is -2.31. The van der Waals surface area contributed by atoms with E-state index in [0.717, 1.165) is 55.1 Å². The molecule has 3 aromatic rings. The van der Waals surface area contributed by atoms with Crippen LogP contribution in [-0.4, -0.2) is 43.4 Å². The van der Waals surface area contributed by atoms with Gasteiger partial charge in [0.2, 0.25) is 0 Å². The molecule has 0 radical (unpaired) electrons. The molecule has 6 heteroatoms. The summed E-state index contributed by atoms with van der Waals surface area (Å²) in [7, 11) is 0. The van der Waals surface area contributed by atoms with Gasteiger partial charge in [0.1, 0.15) is 5.69 Å². The second-order valence-corrected chi connectivity index (χ2v) is 7.10. The van der Waals surface area contributed by atoms with Gasteiger partial charge >= 0.3 is 0 Å². The molecule has 4 rings (SSSR count). The van der Waals surface area contributed by atoms with Gasteiger partial charge in [0.25, 0.3) is 0 Å².